The van der Waals surface area contributed by atoms with Gasteiger partial charge in [-0.3, -0.25) is 0 Å². The second kappa shape index (κ2) is 5.95. The first-order chi connectivity index (χ1) is 6.04. The molecule has 0 aliphatic rings. The third kappa shape index (κ3) is 5.61. The van der Waals surface area contributed by atoms with Crippen LogP contribution in [0.4, 0.5) is 0 Å². The molecular weight excluding hydrogens is 162 g/mol. The van der Waals surface area contributed by atoms with E-state index in [1.807, 2.05) is 14.1 Å². The van der Waals surface area contributed by atoms with Crippen molar-refractivity contribution in [2.45, 2.75) is 24.9 Å². The Balaban J connectivity index is 4.05. The van der Waals surface area contributed by atoms with Crippen molar-refractivity contribution in [2.24, 2.45) is 0 Å². The average Bonchev–Trinajstić information content (AvgIpc) is 2.02. The van der Waals surface area contributed by atoms with Gasteiger partial charge in [0, 0.05) is 6.54 Å². The number of rotatable bonds is 7. The van der Waals surface area contributed by atoms with Gasteiger partial charge in [-0.05, 0) is 33.4 Å². The van der Waals surface area contributed by atoms with Crippen LogP contribution in [0.5, 0.6) is 0 Å². The van der Waals surface area contributed by atoms with Crippen molar-refractivity contribution in [3.8, 4) is 0 Å². The van der Waals surface area contributed by atoms with Gasteiger partial charge in [0.1, 0.15) is 0 Å². The predicted octanol–water partition coefficient (Wildman–Crippen LogP) is 1.82. The summed E-state index contributed by atoms with van der Waals surface area (Å²) < 4.78 is 0. The molecule has 0 unspecified atom stereocenters. The van der Waals surface area contributed by atoms with E-state index in [4.69, 9.17) is 0 Å². The van der Waals surface area contributed by atoms with Gasteiger partial charge < -0.3 is 10.0 Å². The van der Waals surface area contributed by atoms with Crippen molar-refractivity contribution in [1.82, 2.24) is 4.90 Å². The van der Waals surface area contributed by atoms with Crippen molar-refractivity contribution in [3.05, 3.63) is 25.3 Å². The second-order valence-corrected chi connectivity index (χ2v) is 3.76. The summed E-state index contributed by atoms with van der Waals surface area (Å²) in [5, 5.41) is 10.1. The van der Waals surface area contributed by atoms with E-state index in [0.29, 0.717) is 12.8 Å². The molecular formula is C11H21NO. The monoisotopic (exact) mass is 183 g/mol. The first-order valence-corrected chi connectivity index (χ1v) is 4.63. The Labute approximate surface area is 81.6 Å². The summed E-state index contributed by atoms with van der Waals surface area (Å²) in [5.74, 6) is 0. The van der Waals surface area contributed by atoms with Crippen LogP contribution in [0, 0.1) is 0 Å². The van der Waals surface area contributed by atoms with Crippen LogP contribution >= 0.6 is 0 Å². The Hall–Kier alpha value is -0.600. The highest BCUT2D eigenvalue weighted by Gasteiger charge is 2.23. The maximum Gasteiger partial charge on any atom is 0.0728 e. The topological polar surface area (TPSA) is 23.5 Å². The molecule has 0 aromatic heterocycles. The molecule has 0 saturated carbocycles. The fraction of sp³-hybridized carbons (Fsp3) is 0.636. The smallest absolute Gasteiger partial charge is 0.0728 e. The van der Waals surface area contributed by atoms with E-state index in [2.05, 4.69) is 18.1 Å². The lowest BCUT2D eigenvalue weighted by molar-refractivity contribution is 0.0309. The fourth-order valence-corrected chi connectivity index (χ4v) is 1.26. The van der Waals surface area contributed by atoms with Crippen LogP contribution in [0.1, 0.15) is 19.3 Å². The molecule has 1 N–H and O–H groups in total. The van der Waals surface area contributed by atoms with E-state index in [1.165, 1.54) is 0 Å². The van der Waals surface area contributed by atoms with E-state index in [0.717, 1.165) is 13.0 Å². The number of hydrogen-bond acceptors (Lipinski definition) is 2. The molecule has 2 heteroatoms. The van der Waals surface area contributed by atoms with E-state index < -0.39 is 5.60 Å². The molecule has 2 nitrogen and oxygen atoms in total. The number of nitrogens with zero attached hydrogens (tertiary/aromatic N) is 1. The van der Waals surface area contributed by atoms with Crippen LogP contribution < -0.4 is 0 Å². The van der Waals surface area contributed by atoms with Crippen LogP contribution in [0.25, 0.3) is 0 Å². The molecule has 0 aromatic rings. The fourth-order valence-electron chi connectivity index (χ4n) is 1.26. The maximum absolute atomic E-state index is 10.1. The molecule has 0 fully saturated rings. The van der Waals surface area contributed by atoms with Gasteiger partial charge in [0.25, 0.3) is 0 Å². The molecule has 0 heterocycles. The largest absolute Gasteiger partial charge is 0.389 e. The normalized spacial score (nSPS) is 11.7. The van der Waals surface area contributed by atoms with Crippen LogP contribution in [0.15, 0.2) is 25.3 Å². The molecule has 0 radical (unpaired) electrons. The van der Waals surface area contributed by atoms with Gasteiger partial charge in [0.05, 0.1) is 5.60 Å². The molecule has 13 heavy (non-hydrogen) atoms. The Morgan fingerprint density at radius 1 is 1.23 bits per heavy atom. The minimum absolute atomic E-state index is 0.632. The molecule has 76 valence electrons. The molecule has 0 saturated heterocycles. The highest BCUT2D eigenvalue weighted by atomic mass is 16.3. The Morgan fingerprint density at radius 2 is 1.69 bits per heavy atom. The van der Waals surface area contributed by atoms with Gasteiger partial charge in [0.15, 0.2) is 0 Å². The second-order valence-electron chi connectivity index (χ2n) is 3.76. The summed E-state index contributed by atoms with van der Waals surface area (Å²) in [5.41, 5.74) is -0.645. The SMILES string of the molecule is C=CCC(O)(CC=C)CCN(C)C. The molecule has 0 atom stereocenters. The zero-order valence-corrected chi connectivity index (χ0v) is 8.79. The number of aliphatic hydroxyl groups is 1. The zero-order chi connectivity index (χ0) is 10.3. The first kappa shape index (κ1) is 12.4. The van der Waals surface area contributed by atoms with E-state index >= 15 is 0 Å². The van der Waals surface area contributed by atoms with Gasteiger partial charge in [-0.1, -0.05) is 12.2 Å². The van der Waals surface area contributed by atoms with E-state index in [1.54, 1.807) is 12.2 Å². The van der Waals surface area contributed by atoms with Crippen LogP contribution in [0.3, 0.4) is 0 Å². The predicted molar refractivity (Wildman–Crippen MR) is 57.7 cm³/mol. The van der Waals surface area contributed by atoms with Gasteiger partial charge in [0.2, 0.25) is 0 Å². The van der Waals surface area contributed by atoms with Crippen LogP contribution in [-0.4, -0.2) is 36.2 Å². The summed E-state index contributed by atoms with van der Waals surface area (Å²) >= 11 is 0. The van der Waals surface area contributed by atoms with Gasteiger partial charge in [-0.2, -0.15) is 0 Å². The Morgan fingerprint density at radius 3 is 2.00 bits per heavy atom. The van der Waals surface area contributed by atoms with E-state index in [9.17, 15) is 5.11 Å². The third-order valence-corrected chi connectivity index (χ3v) is 2.07. The molecule has 0 aliphatic carbocycles. The van der Waals surface area contributed by atoms with Gasteiger partial charge >= 0.3 is 0 Å². The van der Waals surface area contributed by atoms with Gasteiger partial charge in [-0.15, -0.1) is 13.2 Å². The lowest BCUT2D eigenvalue weighted by Crippen LogP contribution is -2.31. The minimum Gasteiger partial charge on any atom is -0.389 e. The Bertz CT molecular complexity index is 153. The van der Waals surface area contributed by atoms with Crippen molar-refractivity contribution in [3.63, 3.8) is 0 Å². The summed E-state index contributed by atoms with van der Waals surface area (Å²) in [6.45, 7) is 8.18. The summed E-state index contributed by atoms with van der Waals surface area (Å²) in [7, 11) is 4.00. The van der Waals surface area contributed by atoms with E-state index in [-0.39, 0.29) is 0 Å². The van der Waals surface area contributed by atoms with Crippen molar-refractivity contribution in [1.29, 1.82) is 0 Å². The lowest BCUT2D eigenvalue weighted by atomic mass is 9.91. The third-order valence-electron chi connectivity index (χ3n) is 2.07. The summed E-state index contributed by atoms with van der Waals surface area (Å²) in [4.78, 5) is 2.07. The average molecular weight is 183 g/mol. The number of hydrogen-bond donors (Lipinski definition) is 1. The van der Waals surface area contributed by atoms with Gasteiger partial charge in [-0.25, -0.2) is 0 Å². The van der Waals surface area contributed by atoms with Crippen LogP contribution in [0.2, 0.25) is 0 Å². The quantitative estimate of drug-likeness (QED) is 0.609. The van der Waals surface area contributed by atoms with Crippen molar-refractivity contribution >= 4 is 0 Å². The van der Waals surface area contributed by atoms with Crippen molar-refractivity contribution < 1.29 is 5.11 Å². The van der Waals surface area contributed by atoms with Crippen molar-refractivity contribution in [2.75, 3.05) is 20.6 Å². The molecule has 0 aromatic carbocycles. The van der Waals surface area contributed by atoms with Crippen LogP contribution in [-0.2, 0) is 0 Å². The lowest BCUT2D eigenvalue weighted by Gasteiger charge is -2.27. The molecule has 0 aliphatic heterocycles. The summed E-state index contributed by atoms with van der Waals surface area (Å²) in [6, 6.07) is 0. The Kier molecular flexibility index (Phi) is 5.67. The maximum atomic E-state index is 10.1. The zero-order valence-electron chi connectivity index (χ0n) is 8.79. The highest BCUT2D eigenvalue weighted by Crippen LogP contribution is 2.20. The molecule has 0 spiro atoms. The molecule has 0 bridgehead atoms. The highest BCUT2D eigenvalue weighted by molar-refractivity contribution is 4.92. The minimum atomic E-state index is -0.645. The first-order valence-electron chi connectivity index (χ1n) is 4.63. The standard InChI is InChI=1S/C11H21NO/c1-5-7-11(13,8-6-2)9-10-12(3)4/h5-6,13H,1-2,7-10H2,3-4H3. The molecule has 0 amide bonds. The summed E-state index contributed by atoms with van der Waals surface area (Å²) in [6.07, 6.45) is 5.55. The molecule has 0 rings (SSSR count).